The number of hydrogen-bond acceptors (Lipinski definition) is 14. The summed E-state index contributed by atoms with van der Waals surface area (Å²) in [4.78, 5) is 58.2. The Hall–Kier alpha value is -4.05. The summed E-state index contributed by atoms with van der Waals surface area (Å²) < 4.78 is 60.7. The highest BCUT2D eigenvalue weighted by Gasteiger charge is 2.29. The van der Waals surface area contributed by atoms with Crippen LogP contribution in [0.25, 0.3) is 0 Å². The van der Waals surface area contributed by atoms with E-state index < -0.39 is 91.5 Å². The van der Waals surface area contributed by atoms with Gasteiger partial charge in [0.1, 0.15) is 25.4 Å². The van der Waals surface area contributed by atoms with Crippen molar-refractivity contribution in [1.82, 2.24) is 0 Å². The average Bonchev–Trinajstić information content (AvgIpc) is 3.57. The highest BCUT2D eigenvalue weighted by Crippen LogP contribution is 2.45. The van der Waals surface area contributed by atoms with Crippen molar-refractivity contribution in [3.63, 3.8) is 0 Å². The van der Waals surface area contributed by atoms with Gasteiger partial charge in [-0.3, -0.25) is 32.5 Å². The Bertz CT molecular complexity index is 2070. The van der Waals surface area contributed by atoms with Crippen LogP contribution in [0.15, 0.2) is 122 Å². The van der Waals surface area contributed by atoms with Crippen LogP contribution < -0.4 is 0 Å². The molecule has 0 aromatic rings. The first-order valence-corrected chi connectivity index (χ1v) is 35.8. The van der Waals surface area contributed by atoms with Gasteiger partial charge < -0.3 is 34.2 Å². The first kappa shape index (κ1) is 83.0. The fourth-order valence-corrected chi connectivity index (χ4v) is 9.80. The molecule has 498 valence electrons. The van der Waals surface area contributed by atoms with E-state index in [0.29, 0.717) is 19.3 Å². The van der Waals surface area contributed by atoms with Crippen molar-refractivity contribution in [1.29, 1.82) is 0 Å². The smallest absolute Gasteiger partial charge is 0.463 e. The number of rotatable bonds is 61. The maximum atomic E-state index is 12.9. The molecule has 0 saturated carbocycles. The molecular formula is C69H116O16P2. The number of hydrogen-bond donors (Lipinski definition) is 4. The quantitative estimate of drug-likeness (QED) is 0.0146. The maximum absolute atomic E-state index is 12.9. The Morgan fingerprint density at radius 1 is 0.333 bits per heavy atom. The molecule has 0 aliphatic heterocycles. The van der Waals surface area contributed by atoms with Crippen LogP contribution in [-0.2, 0) is 55.8 Å². The van der Waals surface area contributed by atoms with E-state index in [4.69, 9.17) is 32.3 Å². The molecule has 16 nitrogen and oxygen atoms in total. The second kappa shape index (κ2) is 62.2. The molecule has 0 radical (unpaired) electrons. The van der Waals surface area contributed by atoms with Crippen LogP contribution in [0.3, 0.4) is 0 Å². The Kier molecular flexibility index (Phi) is 59.3. The van der Waals surface area contributed by atoms with E-state index in [1.807, 2.05) is 0 Å². The van der Waals surface area contributed by atoms with Gasteiger partial charge in [0.25, 0.3) is 0 Å². The second-order valence-electron chi connectivity index (χ2n) is 21.5. The van der Waals surface area contributed by atoms with E-state index in [9.17, 15) is 43.5 Å². The lowest BCUT2D eigenvalue weighted by atomic mass is 10.1. The van der Waals surface area contributed by atoms with Gasteiger partial charge in [-0.15, -0.1) is 0 Å². The molecule has 0 amide bonds. The number of carbonyl (C=O) groups is 3. The fourth-order valence-electron chi connectivity index (χ4n) is 8.21. The summed E-state index contributed by atoms with van der Waals surface area (Å²) in [5.41, 5.74) is 0. The molecule has 0 fully saturated rings. The van der Waals surface area contributed by atoms with Crippen molar-refractivity contribution in [3.8, 4) is 0 Å². The Balaban J connectivity index is 4.65. The van der Waals surface area contributed by atoms with Gasteiger partial charge in [-0.2, -0.15) is 0 Å². The SMILES string of the molecule is CC/C=C\C/C=C\C/C=C\C/C=C\C/C=C\CCCCCCCC(=O)OCC(O)COP(=O)(O)OCC(O)COP(=O)(O)OCC(COC(=O)CCCCC/C=C\C/C=C\C/C=C\C/C=C\C/C=C\CC)OC(=O)CCCCCCCCCCCCC. The van der Waals surface area contributed by atoms with Crippen molar-refractivity contribution >= 4 is 33.6 Å². The number of phosphoric ester groups is 2. The molecule has 0 aromatic heterocycles. The van der Waals surface area contributed by atoms with Crippen LogP contribution in [0, 0.1) is 0 Å². The number of aliphatic hydroxyl groups is 2. The Morgan fingerprint density at radius 3 is 0.977 bits per heavy atom. The van der Waals surface area contributed by atoms with E-state index in [1.165, 1.54) is 38.5 Å². The fraction of sp³-hybridized carbons (Fsp3) is 0.667. The minimum Gasteiger partial charge on any atom is -0.463 e. The number of carbonyl (C=O) groups excluding carboxylic acids is 3. The van der Waals surface area contributed by atoms with Crippen LogP contribution in [0.2, 0.25) is 0 Å². The number of ether oxygens (including phenoxy) is 3. The minimum absolute atomic E-state index is 0.0959. The normalized spacial score (nSPS) is 15.1. The van der Waals surface area contributed by atoms with Crippen LogP contribution in [0.4, 0.5) is 0 Å². The van der Waals surface area contributed by atoms with Crippen molar-refractivity contribution in [2.45, 2.75) is 257 Å². The molecule has 5 unspecified atom stereocenters. The molecule has 0 heterocycles. The monoisotopic (exact) mass is 1260 g/mol. The third-order valence-corrected chi connectivity index (χ3v) is 15.1. The summed E-state index contributed by atoms with van der Waals surface area (Å²) in [7, 11) is -9.79. The first-order chi connectivity index (χ1) is 42.2. The molecule has 0 saturated heterocycles. The number of phosphoric acid groups is 2. The zero-order chi connectivity index (χ0) is 63.8. The van der Waals surface area contributed by atoms with Gasteiger partial charge in [-0.1, -0.05) is 232 Å². The second-order valence-corrected chi connectivity index (χ2v) is 24.4. The van der Waals surface area contributed by atoms with Gasteiger partial charge in [0.2, 0.25) is 0 Å². The predicted octanol–water partition coefficient (Wildman–Crippen LogP) is 17.9. The standard InChI is InChI=1S/C69H116O16P2/c1-4-7-10-13-16-19-22-24-26-28-30-31-33-35-36-38-41-43-46-49-52-55-67(72)79-58-64(70)59-81-86(75,76)82-60-65(71)61-83-87(77,78)84-63-66(85-69(74)57-54-51-48-45-40-21-18-15-12-9-6-3)62-80-68(73)56-53-50-47-44-42-39-37-34-32-29-27-25-23-20-17-14-11-8-5-2/h7-8,10-11,16-17,19-20,24-27,30-32,34-36,39,42,64-66,70-71H,4-6,9,12-15,18,21-23,28-29,33,37-38,40-41,43-63H2,1-3H3,(H,75,76)(H,77,78)/b10-7-,11-8-,19-16-,20-17-,26-24-,27-25-,31-30-,34-32-,36-35-,42-39-. The lowest BCUT2D eigenvalue weighted by Crippen LogP contribution is -2.30. The lowest BCUT2D eigenvalue weighted by Gasteiger charge is -2.21. The molecular weight excluding hydrogens is 1150 g/mol. The molecule has 0 spiro atoms. The van der Waals surface area contributed by atoms with Gasteiger partial charge >= 0.3 is 33.6 Å². The number of aliphatic hydroxyl groups excluding tert-OH is 2. The van der Waals surface area contributed by atoms with Crippen molar-refractivity contribution in [3.05, 3.63) is 122 Å². The summed E-state index contributed by atoms with van der Waals surface area (Å²) in [5, 5.41) is 20.5. The van der Waals surface area contributed by atoms with Crippen molar-refractivity contribution in [2.24, 2.45) is 0 Å². The van der Waals surface area contributed by atoms with Crippen LogP contribution in [0.1, 0.15) is 239 Å². The molecule has 18 heteroatoms. The van der Waals surface area contributed by atoms with Crippen LogP contribution in [0.5, 0.6) is 0 Å². The molecule has 87 heavy (non-hydrogen) atoms. The topological polar surface area (TPSA) is 231 Å². The number of esters is 3. The average molecular weight is 1260 g/mol. The maximum Gasteiger partial charge on any atom is 0.472 e. The molecule has 0 aliphatic rings. The summed E-state index contributed by atoms with van der Waals surface area (Å²) in [5.74, 6) is -1.63. The van der Waals surface area contributed by atoms with Gasteiger partial charge in [-0.05, 0) is 109 Å². The van der Waals surface area contributed by atoms with Gasteiger partial charge in [-0.25, -0.2) is 9.13 Å². The molecule has 0 rings (SSSR count). The first-order valence-electron chi connectivity index (χ1n) is 32.8. The summed E-state index contributed by atoms with van der Waals surface area (Å²) in [6, 6.07) is 0. The van der Waals surface area contributed by atoms with Crippen molar-refractivity contribution < 1.29 is 75.8 Å². The van der Waals surface area contributed by atoms with Gasteiger partial charge in [0.05, 0.1) is 26.4 Å². The third kappa shape index (κ3) is 63.3. The summed E-state index contributed by atoms with van der Waals surface area (Å²) >= 11 is 0. The largest absolute Gasteiger partial charge is 0.472 e. The minimum atomic E-state index is -4.93. The molecule has 4 N–H and O–H groups in total. The highest BCUT2D eigenvalue weighted by atomic mass is 31.2. The zero-order valence-corrected chi connectivity index (χ0v) is 55.4. The Labute approximate surface area is 525 Å². The third-order valence-electron chi connectivity index (χ3n) is 13.2. The van der Waals surface area contributed by atoms with Gasteiger partial charge in [0, 0.05) is 19.3 Å². The molecule has 5 atom stereocenters. The predicted molar refractivity (Wildman–Crippen MR) is 353 cm³/mol. The molecule has 0 aliphatic carbocycles. The van der Waals surface area contributed by atoms with E-state index in [1.54, 1.807) is 0 Å². The number of unbranched alkanes of at least 4 members (excludes halogenated alkanes) is 18. The lowest BCUT2D eigenvalue weighted by molar-refractivity contribution is -0.161. The summed E-state index contributed by atoms with van der Waals surface area (Å²) in [6.07, 6.45) is 69.7. The van der Waals surface area contributed by atoms with Crippen molar-refractivity contribution in [2.75, 3.05) is 39.6 Å². The van der Waals surface area contributed by atoms with E-state index in [2.05, 4.69) is 142 Å². The van der Waals surface area contributed by atoms with Crippen LogP contribution >= 0.6 is 15.6 Å². The van der Waals surface area contributed by atoms with E-state index in [-0.39, 0.29) is 19.3 Å². The van der Waals surface area contributed by atoms with E-state index in [0.717, 1.165) is 141 Å². The highest BCUT2D eigenvalue weighted by molar-refractivity contribution is 7.47. The molecule has 0 aromatic carbocycles. The Morgan fingerprint density at radius 2 is 0.609 bits per heavy atom. The van der Waals surface area contributed by atoms with E-state index >= 15 is 0 Å². The van der Waals surface area contributed by atoms with Crippen LogP contribution in [-0.4, -0.2) is 95.9 Å². The zero-order valence-electron chi connectivity index (χ0n) is 53.6. The summed E-state index contributed by atoms with van der Waals surface area (Å²) in [6.45, 7) is 2.35. The number of allylic oxidation sites excluding steroid dienone is 20. The molecule has 0 bridgehead atoms. The van der Waals surface area contributed by atoms with Gasteiger partial charge in [0.15, 0.2) is 6.10 Å².